The van der Waals surface area contributed by atoms with Crippen LogP contribution in [0.5, 0.6) is 0 Å². The lowest BCUT2D eigenvalue weighted by Crippen LogP contribution is -2.32. The van der Waals surface area contributed by atoms with Gasteiger partial charge in [0, 0.05) is 12.0 Å². The van der Waals surface area contributed by atoms with Gasteiger partial charge in [-0.05, 0) is 6.42 Å². The Hall–Kier alpha value is -0.0551. The number of hydrogen-bond donors (Lipinski definition) is 2. The Morgan fingerprint density at radius 1 is 1.78 bits per heavy atom. The zero-order valence-corrected chi connectivity index (χ0v) is 5.58. The van der Waals surface area contributed by atoms with Gasteiger partial charge in [0.25, 0.3) is 0 Å². The molecule has 9 heavy (non-hydrogen) atoms. The number of aliphatic hydroxyl groups excluding tert-OH is 1. The summed E-state index contributed by atoms with van der Waals surface area (Å²) in [6.07, 6.45) is 0.741. The van der Waals surface area contributed by atoms with E-state index in [1.807, 2.05) is 7.85 Å². The molecule has 4 heteroatoms. The second-order valence-corrected chi connectivity index (χ2v) is 2.57. The maximum atomic E-state index is 8.65. The third-order valence-electron chi connectivity index (χ3n) is 1.67. The summed E-state index contributed by atoms with van der Waals surface area (Å²) in [5, 5.41) is 8.65. The molecule has 1 unspecified atom stereocenters. The minimum atomic E-state index is -0.125. The lowest BCUT2D eigenvalue weighted by molar-refractivity contribution is 0.0378. The fourth-order valence-corrected chi connectivity index (χ4v) is 1.17. The predicted molar refractivity (Wildman–Crippen MR) is 36.9 cm³/mol. The van der Waals surface area contributed by atoms with E-state index < -0.39 is 0 Å². The smallest absolute Gasteiger partial charge is 0.139 e. The SMILES string of the molecule is B[C@H]1CC(N)[C@@H](CO)O1. The summed E-state index contributed by atoms with van der Waals surface area (Å²) < 4.78 is 5.25. The fourth-order valence-electron chi connectivity index (χ4n) is 1.17. The second-order valence-electron chi connectivity index (χ2n) is 2.57. The van der Waals surface area contributed by atoms with E-state index in [0.717, 1.165) is 6.42 Å². The van der Waals surface area contributed by atoms with Crippen molar-refractivity contribution in [2.24, 2.45) is 5.73 Å². The van der Waals surface area contributed by atoms with Crippen molar-refractivity contribution in [3.8, 4) is 0 Å². The van der Waals surface area contributed by atoms with Crippen LogP contribution in [0.15, 0.2) is 0 Å². The first-order valence-corrected chi connectivity index (χ1v) is 3.26. The van der Waals surface area contributed by atoms with Gasteiger partial charge in [0.15, 0.2) is 0 Å². The minimum Gasteiger partial charge on any atom is -0.394 e. The molecular weight excluding hydrogens is 117 g/mol. The first-order chi connectivity index (χ1) is 4.24. The van der Waals surface area contributed by atoms with Gasteiger partial charge in [0.05, 0.1) is 12.7 Å². The maximum Gasteiger partial charge on any atom is 0.139 e. The molecule has 3 nitrogen and oxygen atoms in total. The normalized spacial score (nSPS) is 43.6. The topological polar surface area (TPSA) is 55.5 Å². The molecule has 0 aromatic heterocycles. The Morgan fingerprint density at radius 3 is 2.67 bits per heavy atom. The van der Waals surface area contributed by atoms with Crippen molar-refractivity contribution >= 4 is 7.85 Å². The van der Waals surface area contributed by atoms with Gasteiger partial charge in [-0.25, -0.2) is 0 Å². The van der Waals surface area contributed by atoms with Crippen LogP contribution in [-0.4, -0.2) is 37.7 Å². The molecule has 3 atom stereocenters. The average Bonchev–Trinajstić information content (AvgIpc) is 2.10. The summed E-state index contributed by atoms with van der Waals surface area (Å²) in [5.41, 5.74) is 5.59. The zero-order chi connectivity index (χ0) is 6.85. The van der Waals surface area contributed by atoms with E-state index in [-0.39, 0.29) is 24.8 Å². The van der Waals surface area contributed by atoms with Crippen LogP contribution in [0.3, 0.4) is 0 Å². The molecule has 1 heterocycles. The Bertz CT molecular complexity index is 101. The highest BCUT2D eigenvalue weighted by molar-refractivity contribution is 6.11. The van der Waals surface area contributed by atoms with Crippen LogP contribution in [0.1, 0.15) is 6.42 Å². The molecule has 1 saturated heterocycles. The molecule has 0 aromatic carbocycles. The minimum absolute atomic E-state index is 0.0324. The summed E-state index contributed by atoms with van der Waals surface area (Å²) in [4.78, 5) is 0. The molecule has 0 aromatic rings. The summed E-state index contributed by atoms with van der Waals surface area (Å²) in [6, 6.07) is 0.252. The van der Waals surface area contributed by atoms with Crippen molar-refractivity contribution in [3.63, 3.8) is 0 Å². The molecule has 3 N–H and O–H groups in total. The summed E-state index contributed by atoms with van der Waals surface area (Å²) in [5.74, 6) is 0. The number of hydrogen-bond acceptors (Lipinski definition) is 3. The predicted octanol–water partition coefficient (Wildman–Crippen LogP) is -1.95. The van der Waals surface area contributed by atoms with Crippen molar-refractivity contribution in [3.05, 3.63) is 0 Å². The van der Waals surface area contributed by atoms with Crippen LogP contribution >= 0.6 is 0 Å². The summed E-state index contributed by atoms with van der Waals surface area (Å²) >= 11 is 0. The van der Waals surface area contributed by atoms with Crippen LogP contribution in [0.2, 0.25) is 0 Å². The highest BCUT2D eigenvalue weighted by Crippen LogP contribution is 2.15. The van der Waals surface area contributed by atoms with Gasteiger partial charge in [-0.2, -0.15) is 0 Å². The molecule has 1 fully saturated rings. The van der Waals surface area contributed by atoms with Gasteiger partial charge in [-0.15, -0.1) is 0 Å². The van der Waals surface area contributed by atoms with Crippen molar-refractivity contribution in [2.45, 2.75) is 24.6 Å². The monoisotopic (exact) mass is 129 g/mol. The van der Waals surface area contributed by atoms with Crippen LogP contribution in [0, 0.1) is 0 Å². The van der Waals surface area contributed by atoms with Crippen molar-refractivity contribution in [1.82, 2.24) is 0 Å². The Morgan fingerprint density at radius 2 is 2.44 bits per heavy atom. The van der Waals surface area contributed by atoms with Crippen molar-refractivity contribution in [1.29, 1.82) is 0 Å². The summed E-state index contributed by atoms with van der Waals surface area (Å²) in [7, 11) is 1.97. The first-order valence-electron chi connectivity index (χ1n) is 3.26. The Labute approximate surface area is 55.6 Å². The van der Waals surface area contributed by atoms with Gasteiger partial charge in [0.2, 0.25) is 0 Å². The molecular formula is C5H12BNO2. The molecule has 0 aliphatic carbocycles. The van der Waals surface area contributed by atoms with Crippen LogP contribution in [0.4, 0.5) is 0 Å². The van der Waals surface area contributed by atoms with E-state index in [2.05, 4.69) is 0 Å². The van der Waals surface area contributed by atoms with Crippen molar-refractivity contribution in [2.75, 3.05) is 6.61 Å². The third-order valence-corrected chi connectivity index (χ3v) is 1.67. The maximum absolute atomic E-state index is 8.65. The Kier molecular flexibility index (Phi) is 2.11. The zero-order valence-electron chi connectivity index (χ0n) is 5.58. The lowest BCUT2D eigenvalue weighted by atomic mass is 9.95. The van der Waals surface area contributed by atoms with E-state index in [9.17, 15) is 0 Å². The highest BCUT2D eigenvalue weighted by Gasteiger charge is 2.28. The van der Waals surface area contributed by atoms with Gasteiger partial charge in [-0.3, -0.25) is 0 Å². The first kappa shape index (κ1) is 7.06. The van der Waals surface area contributed by atoms with Gasteiger partial charge in [0.1, 0.15) is 7.85 Å². The molecule has 0 spiro atoms. The molecule has 1 aliphatic heterocycles. The second kappa shape index (κ2) is 2.69. The number of rotatable bonds is 1. The fraction of sp³-hybridized carbons (Fsp3) is 1.00. The van der Waals surface area contributed by atoms with Gasteiger partial charge >= 0.3 is 0 Å². The van der Waals surface area contributed by atoms with Gasteiger partial charge < -0.3 is 15.6 Å². The van der Waals surface area contributed by atoms with Crippen molar-refractivity contribution < 1.29 is 9.84 Å². The standard InChI is InChI=1S/C5H12BNO2/c6-5-1-3(7)4(2-8)9-5/h3-5,8H,1-2,6-7H2/t3?,4-,5-/m1/s1. The van der Waals surface area contributed by atoms with E-state index in [0.29, 0.717) is 0 Å². The third kappa shape index (κ3) is 1.44. The molecule has 0 radical (unpaired) electrons. The molecule has 1 aliphatic rings. The molecule has 0 saturated carbocycles. The Balaban J connectivity index is 2.38. The van der Waals surface area contributed by atoms with Crippen LogP contribution in [-0.2, 0) is 4.74 Å². The molecule has 52 valence electrons. The van der Waals surface area contributed by atoms with E-state index in [1.54, 1.807) is 0 Å². The number of aliphatic hydroxyl groups is 1. The average molecular weight is 129 g/mol. The molecule has 0 bridgehead atoms. The van der Waals surface area contributed by atoms with Crippen LogP contribution < -0.4 is 5.73 Å². The van der Waals surface area contributed by atoms with Crippen LogP contribution in [0.25, 0.3) is 0 Å². The van der Waals surface area contributed by atoms with E-state index >= 15 is 0 Å². The van der Waals surface area contributed by atoms with E-state index in [4.69, 9.17) is 15.6 Å². The largest absolute Gasteiger partial charge is 0.394 e. The van der Waals surface area contributed by atoms with Gasteiger partial charge in [-0.1, -0.05) is 0 Å². The quantitative estimate of drug-likeness (QED) is 0.404. The lowest BCUT2D eigenvalue weighted by Gasteiger charge is -2.09. The summed E-state index contributed by atoms with van der Waals surface area (Å²) in [6.45, 7) is 0.0471. The highest BCUT2D eigenvalue weighted by atomic mass is 16.5. The molecule has 0 amide bonds. The number of ether oxygens (including phenoxy) is 1. The number of nitrogens with two attached hydrogens (primary N) is 1. The molecule has 1 rings (SSSR count). The van der Waals surface area contributed by atoms with E-state index in [1.165, 1.54) is 0 Å².